The van der Waals surface area contributed by atoms with Crippen LogP contribution in [0.3, 0.4) is 0 Å². The average molecular weight is 585 g/mol. The number of imide groups is 1. The molecule has 42 heavy (non-hydrogen) atoms. The van der Waals surface area contributed by atoms with Gasteiger partial charge in [-0.15, -0.1) is 0 Å². The van der Waals surface area contributed by atoms with Gasteiger partial charge in [-0.1, -0.05) is 55.5 Å². The van der Waals surface area contributed by atoms with Gasteiger partial charge in [0.25, 0.3) is 5.91 Å². The number of ether oxygens (including phenoxy) is 1. The highest BCUT2D eigenvalue weighted by molar-refractivity contribution is 7.87. The molecule has 2 saturated heterocycles. The van der Waals surface area contributed by atoms with Crippen LogP contribution < -0.4 is 18.9 Å². The van der Waals surface area contributed by atoms with E-state index in [0.717, 1.165) is 11.3 Å². The van der Waals surface area contributed by atoms with Crippen LogP contribution in [0.25, 0.3) is 0 Å². The molecule has 0 unspecified atom stereocenters. The maximum atomic E-state index is 13.9. The Hall–Kier alpha value is -4.67. The van der Waals surface area contributed by atoms with Gasteiger partial charge in [0.15, 0.2) is 6.10 Å². The SMILES string of the molecule is CCCOc1ccc(N2C(=O)[C@@H]3[C@@H](c4ccc(OS(=O)(=O)c5ccccc5)cc4)N(c4ccccc4)O[C@H]3C2=O)cc1. The highest BCUT2D eigenvalue weighted by Gasteiger charge is 2.60. The molecule has 0 aliphatic carbocycles. The molecule has 10 heteroatoms. The molecule has 0 N–H and O–H groups in total. The van der Waals surface area contributed by atoms with Crippen molar-refractivity contribution >= 4 is 33.3 Å². The molecule has 2 aliphatic heterocycles. The van der Waals surface area contributed by atoms with Gasteiger partial charge in [0.1, 0.15) is 22.3 Å². The zero-order valence-electron chi connectivity index (χ0n) is 22.7. The van der Waals surface area contributed by atoms with Crippen molar-refractivity contribution in [3.05, 3.63) is 115 Å². The number of para-hydroxylation sites is 1. The van der Waals surface area contributed by atoms with Gasteiger partial charge >= 0.3 is 10.1 Å². The lowest BCUT2D eigenvalue weighted by atomic mass is 9.90. The molecule has 0 bridgehead atoms. The van der Waals surface area contributed by atoms with Gasteiger partial charge in [-0.2, -0.15) is 8.42 Å². The largest absolute Gasteiger partial charge is 0.494 e. The van der Waals surface area contributed by atoms with Gasteiger partial charge in [-0.05, 0) is 72.6 Å². The van der Waals surface area contributed by atoms with Crippen molar-refractivity contribution in [1.29, 1.82) is 0 Å². The van der Waals surface area contributed by atoms with Crippen molar-refractivity contribution in [2.75, 3.05) is 16.6 Å². The number of anilines is 2. The van der Waals surface area contributed by atoms with Crippen LogP contribution in [0.1, 0.15) is 24.9 Å². The van der Waals surface area contributed by atoms with E-state index in [1.54, 1.807) is 59.7 Å². The third-order valence-electron chi connectivity index (χ3n) is 7.15. The lowest BCUT2D eigenvalue weighted by Gasteiger charge is -2.28. The molecule has 2 fully saturated rings. The van der Waals surface area contributed by atoms with Crippen molar-refractivity contribution < 1.29 is 31.8 Å². The van der Waals surface area contributed by atoms with Gasteiger partial charge in [0, 0.05) is 0 Å². The second-order valence-electron chi connectivity index (χ2n) is 9.93. The lowest BCUT2D eigenvalue weighted by Crippen LogP contribution is -2.37. The third kappa shape index (κ3) is 5.10. The Morgan fingerprint density at radius 1 is 0.738 bits per heavy atom. The highest BCUT2D eigenvalue weighted by atomic mass is 32.2. The third-order valence-corrected chi connectivity index (χ3v) is 8.41. The molecule has 214 valence electrons. The van der Waals surface area contributed by atoms with E-state index in [0.29, 0.717) is 29.3 Å². The molecule has 4 aromatic carbocycles. The first kappa shape index (κ1) is 27.5. The second kappa shape index (κ2) is 11.3. The van der Waals surface area contributed by atoms with Gasteiger partial charge in [-0.25, -0.2) is 9.96 Å². The minimum absolute atomic E-state index is 0.0384. The molecule has 2 heterocycles. The van der Waals surface area contributed by atoms with E-state index >= 15 is 0 Å². The Morgan fingerprint density at radius 3 is 2.00 bits per heavy atom. The molecule has 4 aromatic rings. The van der Waals surface area contributed by atoms with Gasteiger partial charge in [0.05, 0.1) is 24.0 Å². The van der Waals surface area contributed by atoms with Crippen LogP contribution in [-0.2, 0) is 24.5 Å². The number of carbonyl (C=O) groups is 2. The summed E-state index contributed by atoms with van der Waals surface area (Å²) in [6, 6.07) is 29.7. The maximum absolute atomic E-state index is 13.9. The molecule has 0 spiro atoms. The summed E-state index contributed by atoms with van der Waals surface area (Å²) in [5.41, 5.74) is 1.77. The molecule has 6 rings (SSSR count). The average Bonchev–Trinajstić information content (AvgIpc) is 3.53. The fourth-order valence-electron chi connectivity index (χ4n) is 5.20. The monoisotopic (exact) mass is 584 g/mol. The van der Waals surface area contributed by atoms with E-state index in [9.17, 15) is 18.0 Å². The summed E-state index contributed by atoms with van der Waals surface area (Å²) in [6.07, 6.45) is -0.172. The number of nitrogens with zero attached hydrogens (tertiary/aromatic N) is 2. The van der Waals surface area contributed by atoms with E-state index in [-0.39, 0.29) is 16.6 Å². The fraction of sp³-hybridized carbons (Fsp3) is 0.188. The summed E-state index contributed by atoms with van der Waals surface area (Å²) in [5.74, 6) is -0.910. The first-order chi connectivity index (χ1) is 20.4. The van der Waals surface area contributed by atoms with Crippen molar-refractivity contribution in [1.82, 2.24) is 0 Å². The van der Waals surface area contributed by atoms with Crippen LogP contribution in [0, 0.1) is 5.92 Å². The van der Waals surface area contributed by atoms with E-state index in [2.05, 4.69) is 0 Å². The van der Waals surface area contributed by atoms with Crippen LogP contribution in [0.15, 0.2) is 114 Å². The quantitative estimate of drug-likeness (QED) is 0.193. The molecule has 9 nitrogen and oxygen atoms in total. The fourth-order valence-corrected chi connectivity index (χ4v) is 6.15. The molecule has 2 amide bonds. The summed E-state index contributed by atoms with van der Waals surface area (Å²) in [4.78, 5) is 34.9. The summed E-state index contributed by atoms with van der Waals surface area (Å²) in [7, 11) is -4.03. The summed E-state index contributed by atoms with van der Waals surface area (Å²) in [5, 5.41) is 1.58. The Kier molecular flexibility index (Phi) is 7.40. The molecule has 0 radical (unpaired) electrons. The Bertz CT molecular complexity index is 1680. The molecular formula is C32H28N2O7S. The lowest BCUT2D eigenvalue weighted by molar-refractivity contribution is -0.126. The van der Waals surface area contributed by atoms with Crippen molar-refractivity contribution in [3.63, 3.8) is 0 Å². The van der Waals surface area contributed by atoms with Crippen molar-refractivity contribution in [2.24, 2.45) is 5.92 Å². The van der Waals surface area contributed by atoms with E-state index in [4.69, 9.17) is 13.8 Å². The van der Waals surface area contributed by atoms with Crippen LogP contribution in [0.4, 0.5) is 11.4 Å². The second-order valence-corrected chi connectivity index (χ2v) is 11.5. The van der Waals surface area contributed by atoms with Crippen molar-refractivity contribution in [2.45, 2.75) is 30.4 Å². The minimum Gasteiger partial charge on any atom is -0.494 e. The normalized spacial score (nSPS) is 20.1. The highest BCUT2D eigenvalue weighted by Crippen LogP contribution is 2.47. The first-order valence-electron chi connectivity index (χ1n) is 13.6. The minimum atomic E-state index is -4.03. The van der Waals surface area contributed by atoms with Crippen LogP contribution in [0.2, 0.25) is 0 Å². The number of hydrogen-bond donors (Lipinski definition) is 0. The number of hydroxylamine groups is 1. The van der Waals surface area contributed by atoms with Gasteiger partial charge in [-0.3, -0.25) is 14.4 Å². The summed E-state index contributed by atoms with van der Waals surface area (Å²) >= 11 is 0. The van der Waals surface area contributed by atoms with Crippen molar-refractivity contribution in [3.8, 4) is 11.5 Å². The van der Waals surface area contributed by atoms with Crippen LogP contribution in [-0.4, -0.2) is 32.9 Å². The van der Waals surface area contributed by atoms with Crippen LogP contribution in [0.5, 0.6) is 11.5 Å². The number of amides is 2. The van der Waals surface area contributed by atoms with E-state index in [1.165, 1.54) is 24.3 Å². The number of hydrogen-bond acceptors (Lipinski definition) is 8. The molecule has 0 saturated carbocycles. The molecular weight excluding hydrogens is 556 g/mol. The van der Waals surface area contributed by atoms with Gasteiger partial charge < -0.3 is 8.92 Å². The molecule has 0 aromatic heterocycles. The smallest absolute Gasteiger partial charge is 0.339 e. The zero-order chi connectivity index (χ0) is 29.3. The predicted octanol–water partition coefficient (Wildman–Crippen LogP) is 5.29. The van der Waals surface area contributed by atoms with E-state index < -0.39 is 34.1 Å². The Labute approximate surface area is 243 Å². The summed E-state index contributed by atoms with van der Waals surface area (Å²) in [6.45, 7) is 2.58. The van der Waals surface area contributed by atoms with Crippen LogP contribution >= 0.6 is 0 Å². The van der Waals surface area contributed by atoms with E-state index in [1.807, 2.05) is 37.3 Å². The number of fused-ring (bicyclic) bond motifs is 1. The molecule has 3 atom stereocenters. The predicted molar refractivity (Wildman–Crippen MR) is 155 cm³/mol. The Morgan fingerprint density at radius 2 is 1.36 bits per heavy atom. The molecule has 2 aliphatic rings. The standard InChI is InChI=1S/C32H28N2O7S/c1-2-21-39-25-19-15-23(16-20-25)33-31(35)28-29(34(40-30(28)32(33)36)24-9-5-3-6-10-24)22-13-17-26(18-14-22)41-42(37,38)27-11-7-4-8-12-27/h3-20,28-30H,2,21H2,1H3/t28-,29-,30-/m1/s1. The first-order valence-corrected chi connectivity index (χ1v) is 15.0. The van der Waals surface area contributed by atoms with Gasteiger partial charge in [0.2, 0.25) is 5.91 Å². The number of benzene rings is 4. The Balaban J connectivity index is 1.30. The maximum Gasteiger partial charge on any atom is 0.339 e. The zero-order valence-corrected chi connectivity index (χ0v) is 23.5. The topological polar surface area (TPSA) is 102 Å². The number of rotatable bonds is 9. The summed E-state index contributed by atoms with van der Waals surface area (Å²) < 4.78 is 36.4. The number of carbonyl (C=O) groups excluding carboxylic acids is 2.